The molecule has 0 spiro atoms. The van der Waals surface area contributed by atoms with Crippen molar-refractivity contribution in [3.63, 3.8) is 0 Å². The van der Waals surface area contributed by atoms with Crippen LogP contribution in [-0.4, -0.2) is 13.2 Å². The lowest BCUT2D eigenvalue weighted by Crippen LogP contribution is -2.20. The van der Waals surface area contributed by atoms with E-state index in [0.29, 0.717) is 6.04 Å². The van der Waals surface area contributed by atoms with Crippen LogP contribution in [0.15, 0.2) is 12.1 Å². The van der Waals surface area contributed by atoms with Crippen LogP contribution < -0.4 is 10.1 Å². The van der Waals surface area contributed by atoms with E-state index in [1.54, 1.807) is 0 Å². The predicted octanol–water partition coefficient (Wildman–Crippen LogP) is 3.13. The van der Waals surface area contributed by atoms with E-state index in [1.807, 2.05) is 0 Å². The maximum atomic E-state index is 5.82. The van der Waals surface area contributed by atoms with Crippen LogP contribution in [0.25, 0.3) is 0 Å². The molecule has 0 fully saturated rings. The molecule has 0 bridgehead atoms. The van der Waals surface area contributed by atoms with E-state index in [2.05, 4.69) is 38.2 Å². The summed E-state index contributed by atoms with van der Waals surface area (Å²) in [7, 11) is 0. The number of nitrogens with one attached hydrogen (secondary N) is 1. The van der Waals surface area contributed by atoms with Gasteiger partial charge in [-0.05, 0) is 50.4 Å². The van der Waals surface area contributed by atoms with Gasteiger partial charge in [0.05, 0.1) is 6.61 Å². The van der Waals surface area contributed by atoms with E-state index in [4.69, 9.17) is 4.74 Å². The van der Waals surface area contributed by atoms with Gasteiger partial charge in [-0.1, -0.05) is 13.0 Å². The molecular formula is C14H21NO. The van der Waals surface area contributed by atoms with Crippen molar-refractivity contribution < 1.29 is 4.74 Å². The third-order valence-electron chi connectivity index (χ3n) is 3.35. The summed E-state index contributed by atoms with van der Waals surface area (Å²) in [6, 6.07) is 4.92. The van der Waals surface area contributed by atoms with E-state index in [1.165, 1.54) is 23.1 Å². The molecule has 0 saturated heterocycles. The molecule has 2 rings (SSSR count). The first-order chi connectivity index (χ1) is 7.72. The van der Waals surface area contributed by atoms with Crippen molar-refractivity contribution in [2.24, 2.45) is 0 Å². The Bertz CT molecular complexity index is 373. The molecule has 1 aliphatic rings. The van der Waals surface area contributed by atoms with Crippen molar-refractivity contribution in [1.29, 1.82) is 0 Å². The van der Waals surface area contributed by atoms with Gasteiger partial charge in [0.25, 0.3) is 0 Å². The Morgan fingerprint density at radius 3 is 2.81 bits per heavy atom. The van der Waals surface area contributed by atoms with Crippen LogP contribution in [0.2, 0.25) is 0 Å². The van der Waals surface area contributed by atoms with E-state index in [0.717, 1.165) is 25.3 Å². The van der Waals surface area contributed by atoms with Gasteiger partial charge in [0.15, 0.2) is 0 Å². The van der Waals surface area contributed by atoms with Crippen LogP contribution in [0.4, 0.5) is 0 Å². The molecule has 88 valence electrons. The third-order valence-corrected chi connectivity index (χ3v) is 3.35. The highest BCUT2D eigenvalue weighted by atomic mass is 16.5. The van der Waals surface area contributed by atoms with Crippen LogP contribution in [0.5, 0.6) is 5.75 Å². The number of fused-ring (bicyclic) bond motifs is 1. The molecule has 1 aromatic carbocycles. The number of hydrogen-bond donors (Lipinski definition) is 1. The van der Waals surface area contributed by atoms with Gasteiger partial charge in [-0.3, -0.25) is 0 Å². The lowest BCUT2D eigenvalue weighted by atomic mass is 9.97. The number of benzene rings is 1. The molecule has 1 heterocycles. The minimum Gasteiger partial charge on any atom is -0.493 e. The van der Waals surface area contributed by atoms with Gasteiger partial charge in [0, 0.05) is 11.6 Å². The summed E-state index contributed by atoms with van der Waals surface area (Å²) in [4.78, 5) is 0. The molecular weight excluding hydrogens is 198 g/mol. The Morgan fingerprint density at radius 1 is 1.31 bits per heavy atom. The largest absolute Gasteiger partial charge is 0.493 e. The van der Waals surface area contributed by atoms with Gasteiger partial charge in [-0.25, -0.2) is 0 Å². The maximum Gasteiger partial charge on any atom is 0.124 e. The predicted molar refractivity (Wildman–Crippen MR) is 67.1 cm³/mol. The Balaban J connectivity index is 2.39. The molecule has 0 radical (unpaired) electrons. The first-order valence-corrected chi connectivity index (χ1v) is 6.19. The highest BCUT2D eigenvalue weighted by Crippen LogP contribution is 2.33. The second kappa shape index (κ2) is 4.88. The van der Waals surface area contributed by atoms with Crippen LogP contribution in [0, 0.1) is 13.8 Å². The van der Waals surface area contributed by atoms with Crippen molar-refractivity contribution in [3.05, 3.63) is 28.8 Å². The first-order valence-electron chi connectivity index (χ1n) is 6.19. The lowest BCUT2D eigenvalue weighted by Gasteiger charge is -2.18. The summed E-state index contributed by atoms with van der Waals surface area (Å²) in [5.74, 6) is 1.08. The van der Waals surface area contributed by atoms with Gasteiger partial charge in [0.2, 0.25) is 0 Å². The second-order valence-corrected chi connectivity index (χ2v) is 4.58. The van der Waals surface area contributed by atoms with Gasteiger partial charge in [0.1, 0.15) is 5.75 Å². The Kier molecular flexibility index (Phi) is 3.49. The molecule has 1 aromatic rings. The SMILES string of the molecule is CCNC1CCCOc2cc(C)c(C)cc21. The fourth-order valence-corrected chi connectivity index (χ4v) is 2.29. The molecule has 2 heteroatoms. The molecule has 1 N–H and O–H groups in total. The zero-order valence-corrected chi connectivity index (χ0v) is 10.5. The Hall–Kier alpha value is -1.02. The standard InChI is InChI=1S/C14H21NO/c1-4-15-13-6-5-7-16-14-9-11(3)10(2)8-12(13)14/h8-9,13,15H,4-7H2,1-3H3. The number of rotatable bonds is 2. The van der Waals surface area contributed by atoms with Gasteiger partial charge < -0.3 is 10.1 Å². The van der Waals surface area contributed by atoms with E-state index >= 15 is 0 Å². The third kappa shape index (κ3) is 2.22. The highest BCUT2D eigenvalue weighted by Gasteiger charge is 2.19. The van der Waals surface area contributed by atoms with Crippen molar-refractivity contribution >= 4 is 0 Å². The molecule has 0 aromatic heterocycles. The van der Waals surface area contributed by atoms with Crippen molar-refractivity contribution in [1.82, 2.24) is 5.32 Å². The quantitative estimate of drug-likeness (QED) is 0.825. The summed E-state index contributed by atoms with van der Waals surface area (Å²) in [6.07, 6.45) is 2.30. The minimum atomic E-state index is 0.460. The number of hydrogen-bond acceptors (Lipinski definition) is 2. The average molecular weight is 219 g/mol. The summed E-state index contributed by atoms with van der Waals surface area (Å²) >= 11 is 0. The molecule has 16 heavy (non-hydrogen) atoms. The molecule has 0 saturated carbocycles. The van der Waals surface area contributed by atoms with Gasteiger partial charge in [-0.15, -0.1) is 0 Å². The zero-order chi connectivity index (χ0) is 11.5. The van der Waals surface area contributed by atoms with Crippen molar-refractivity contribution in [3.8, 4) is 5.75 Å². The molecule has 0 amide bonds. The van der Waals surface area contributed by atoms with Gasteiger partial charge in [-0.2, -0.15) is 0 Å². The summed E-state index contributed by atoms with van der Waals surface area (Å²) in [5.41, 5.74) is 4.01. The number of aryl methyl sites for hydroxylation is 2. The Morgan fingerprint density at radius 2 is 2.06 bits per heavy atom. The van der Waals surface area contributed by atoms with E-state index in [-0.39, 0.29) is 0 Å². The van der Waals surface area contributed by atoms with Gasteiger partial charge >= 0.3 is 0 Å². The zero-order valence-electron chi connectivity index (χ0n) is 10.5. The van der Waals surface area contributed by atoms with Crippen molar-refractivity contribution in [2.45, 2.75) is 39.7 Å². The second-order valence-electron chi connectivity index (χ2n) is 4.58. The van der Waals surface area contributed by atoms with Crippen LogP contribution >= 0.6 is 0 Å². The van der Waals surface area contributed by atoms with Crippen LogP contribution in [0.1, 0.15) is 42.5 Å². The number of ether oxygens (including phenoxy) is 1. The maximum absolute atomic E-state index is 5.82. The van der Waals surface area contributed by atoms with Crippen molar-refractivity contribution in [2.75, 3.05) is 13.2 Å². The van der Waals surface area contributed by atoms with Crippen LogP contribution in [-0.2, 0) is 0 Å². The van der Waals surface area contributed by atoms with E-state index in [9.17, 15) is 0 Å². The van der Waals surface area contributed by atoms with E-state index < -0.39 is 0 Å². The summed E-state index contributed by atoms with van der Waals surface area (Å²) in [6.45, 7) is 8.33. The molecule has 0 aliphatic carbocycles. The average Bonchev–Trinajstić information content (AvgIpc) is 2.44. The van der Waals surface area contributed by atoms with Crippen LogP contribution in [0.3, 0.4) is 0 Å². The minimum absolute atomic E-state index is 0.460. The molecule has 1 unspecified atom stereocenters. The fourth-order valence-electron chi connectivity index (χ4n) is 2.29. The normalized spacial score (nSPS) is 19.8. The first kappa shape index (κ1) is 11.5. The monoisotopic (exact) mass is 219 g/mol. The summed E-state index contributed by atoms with van der Waals surface area (Å²) in [5, 5.41) is 3.55. The summed E-state index contributed by atoms with van der Waals surface area (Å²) < 4.78 is 5.82. The molecule has 1 atom stereocenters. The topological polar surface area (TPSA) is 21.3 Å². The molecule has 2 nitrogen and oxygen atoms in total. The fraction of sp³-hybridized carbons (Fsp3) is 0.571. The highest BCUT2D eigenvalue weighted by molar-refractivity contribution is 5.44. The molecule has 1 aliphatic heterocycles. The lowest BCUT2D eigenvalue weighted by molar-refractivity contribution is 0.315. The smallest absolute Gasteiger partial charge is 0.124 e. The Labute approximate surface area is 98.0 Å².